The smallest absolute Gasteiger partial charge is 0.335 e. The number of hydrogen-bond donors (Lipinski definition) is 1. The Morgan fingerprint density at radius 2 is 1.64 bits per heavy atom. The molecule has 178 valence electrons. The number of anilines is 1. The molecule has 6 nitrogen and oxygen atoms in total. The van der Waals surface area contributed by atoms with Crippen LogP contribution in [0.1, 0.15) is 16.7 Å². The Bertz CT molecular complexity index is 1540. The molecule has 0 radical (unpaired) electrons. The summed E-state index contributed by atoms with van der Waals surface area (Å²) in [5.74, 6) is -0.789. The summed E-state index contributed by atoms with van der Waals surface area (Å²) in [5.41, 5.74) is 2.89. The monoisotopic (exact) mass is 540 g/mol. The van der Waals surface area contributed by atoms with Crippen LogP contribution in [-0.2, 0) is 16.2 Å². The van der Waals surface area contributed by atoms with Crippen molar-refractivity contribution in [3.05, 3.63) is 112 Å². The van der Waals surface area contributed by atoms with Crippen LogP contribution in [0.15, 0.2) is 95.0 Å². The molecule has 7 heteroatoms. The molecule has 5 rings (SSSR count). The molecule has 0 spiro atoms. The molecule has 0 aromatic heterocycles. The largest absolute Gasteiger partial charge is 0.488 e. The summed E-state index contributed by atoms with van der Waals surface area (Å²) < 4.78 is 6.66. The Labute approximate surface area is 216 Å². The fourth-order valence-electron chi connectivity index (χ4n) is 3.97. The molecule has 0 bridgehead atoms. The minimum Gasteiger partial charge on any atom is -0.488 e. The molecule has 0 atom stereocenters. The first-order chi connectivity index (χ1) is 17.4. The van der Waals surface area contributed by atoms with E-state index in [1.54, 1.807) is 42.5 Å². The van der Waals surface area contributed by atoms with E-state index in [9.17, 15) is 14.4 Å². The van der Waals surface area contributed by atoms with Crippen molar-refractivity contribution < 1.29 is 19.1 Å². The third-order valence-corrected chi connectivity index (χ3v) is 6.49. The number of nitrogens with one attached hydrogen (secondary N) is 1. The molecule has 1 aliphatic heterocycles. The lowest BCUT2D eigenvalue weighted by atomic mass is 10.1. The highest BCUT2D eigenvalue weighted by Crippen LogP contribution is 2.29. The van der Waals surface area contributed by atoms with E-state index in [1.807, 2.05) is 25.1 Å². The zero-order chi connectivity index (χ0) is 25.2. The molecule has 1 heterocycles. The number of urea groups is 1. The molecule has 4 aromatic rings. The number of hydrogen-bond acceptors (Lipinski definition) is 4. The van der Waals surface area contributed by atoms with E-state index >= 15 is 0 Å². The van der Waals surface area contributed by atoms with Crippen LogP contribution in [0, 0.1) is 6.92 Å². The van der Waals surface area contributed by atoms with Crippen molar-refractivity contribution in [2.24, 2.45) is 0 Å². The van der Waals surface area contributed by atoms with Gasteiger partial charge in [0.2, 0.25) is 0 Å². The molecule has 4 amide bonds. The first-order valence-corrected chi connectivity index (χ1v) is 12.1. The number of ether oxygens (including phenoxy) is 1. The second kappa shape index (κ2) is 9.79. The Morgan fingerprint density at radius 3 is 2.39 bits per heavy atom. The minimum atomic E-state index is -0.773. The summed E-state index contributed by atoms with van der Waals surface area (Å²) in [5, 5.41) is 4.56. The number of rotatable bonds is 5. The number of benzene rings is 4. The zero-order valence-electron chi connectivity index (χ0n) is 19.3. The quantitative estimate of drug-likeness (QED) is 0.243. The Kier molecular flexibility index (Phi) is 6.40. The van der Waals surface area contributed by atoms with Gasteiger partial charge in [-0.2, -0.15) is 0 Å². The fourth-order valence-corrected chi connectivity index (χ4v) is 4.48. The van der Waals surface area contributed by atoms with Crippen LogP contribution in [0.5, 0.6) is 5.75 Å². The molecule has 1 aliphatic rings. The molecule has 0 aliphatic carbocycles. The summed E-state index contributed by atoms with van der Waals surface area (Å²) in [7, 11) is 0. The number of aryl methyl sites for hydroxylation is 1. The van der Waals surface area contributed by atoms with Gasteiger partial charge in [-0.15, -0.1) is 0 Å². The lowest BCUT2D eigenvalue weighted by molar-refractivity contribution is -0.122. The number of barbiturate groups is 1. The lowest BCUT2D eigenvalue weighted by Gasteiger charge is -2.26. The summed E-state index contributed by atoms with van der Waals surface area (Å²) in [4.78, 5) is 38.9. The third kappa shape index (κ3) is 4.78. The van der Waals surface area contributed by atoms with Crippen LogP contribution in [0.2, 0.25) is 0 Å². The SMILES string of the molecule is Cc1ccc(N2C(=O)NC(=O)/C(=C\c3ccc(OCc4ccc5ccccc5c4)c(Br)c3)C2=O)cc1. The van der Waals surface area contributed by atoms with Crippen molar-refractivity contribution in [3.8, 4) is 5.75 Å². The Balaban J connectivity index is 1.35. The topological polar surface area (TPSA) is 75.7 Å². The Morgan fingerprint density at radius 1 is 0.889 bits per heavy atom. The molecule has 0 saturated carbocycles. The van der Waals surface area contributed by atoms with E-state index in [1.165, 1.54) is 11.5 Å². The number of carbonyl (C=O) groups is 3. The van der Waals surface area contributed by atoms with Crippen LogP contribution >= 0.6 is 15.9 Å². The van der Waals surface area contributed by atoms with Crippen molar-refractivity contribution >= 4 is 56.3 Å². The van der Waals surface area contributed by atoms with E-state index in [0.717, 1.165) is 21.4 Å². The van der Waals surface area contributed by atoms with Gasteiger partial charge >= 0.3 is 6.03 Å². The number of imide groups is 2. The highest BCUT2D eigenvalue weighted by Gasteiger charge is 2.36. The van der Waals surface area contributed by atoms with Crippen LogP contribution < -0.4 is 15.0 Å². The molecular formula is C29H21BrN2O4. The predicted molar refractivity (Wildman–Crippen MR) is 143 cm³/mol. The van der Waals surface area contributed by atoms with Crippen molar-refractivity contribution in [1.29, 1.82) is 0 Å². The average molecular weight is 541 g/mol. The second-order valence-electron chi connectivity index (χ2n) is 8.45. The number of halogens is 1. The number of amides is 4. The maximum Gasteiger partial charge on any atom is 0.335 e. The van der Waals surface area contributed by atoms with Crippen LogP contribution in [-0.4, -0.2) is 17.8 Å². The van der Waals surface area contributed by atoms with E-state index in [4.69, 9.17) is 4.74 Å². The summed E-state index contributed by atoms with van der Waals surface area (Å²) >= 11 is 3.52. The van der Waals surface area contributed by atoms with Gasteiger partial charge in [0.1, 0.15) is 17.9 Å². The molecular weight excluding hydrogens is 520 g/mol. The molecule has 4 aromatic carbocycles. The maximum absolute atomic E-state index is 13.1. The van der Waals surface area contributed by atoms with Gasteiger partial charge in [0.15, 0.2) is 0 Å². The van der Waals surface area contributed by atoms with Gasteiger partial charge in [-0.3, -0.25) is 14.9 Å². The van der Waals surface area contributed by atoms with Crippen LogP contribution in [0.4, 0.5) is 10.5 Å². The number of fused-ring (bicyclic) bond motifs is 1. The summed E-state index contributed by atoms with van der Waals surface area (Å²) in [6.07, 6.45) is 1.46. The van der Waals surface area contributed by atoms with E-state index in [2.05, 4.69) is 45.5 Å². The highest BCUT2D eigenvalue weighted by atomic mass is 79.9. The fraction of sp³-hybridized carbons (Fsp3) is 0.0690. The minimum absolute atomic E-state index is 0.132. The van der Waals surface area contributed by atoms with Crippen molar-refractivity contribution in [2.45, 2.75) is 13.5 Å². The van der Waals surface area contributed by atoms with Gasteiger partial charge in [-0.1, -0.05) is 60.2 Å². The average Bonchev–Trinajstić information content (AvgIpc) is 2.87. The number of nitrogens with zero attached hydrogens (tertiary/aromatic N) is 1. The Hall–Kier alpha value is -4.23. The normalized spacial score (nSPS) is 14.9. The third-order valence-electron chi connectivity index (χ3n) is 5.87. The first-order valence-electron chi connectivity index (χ1n) is 11.3. The van der Waals surface area contributed by atoms with Gasteiger partial charge in [-0.05, 0) is 81.2 Å². The van der Waals surface area contributed by atoms with Crippen LogP contribution in [0.25, 0.3) is 16.8 Å². The standard InChI is InChI=1S/C29H21BrN2O4/c1-18-6-11-23(12-7-18)32-28(34)24(27(33)31-29(32)35)15-19-9-13-26(25(30)16-19)36-17-20-8-10-21-4-2-3-5-22(21)14-20/h2-16H,17H2,1H3,(H,31,33,35)/b24-15+. The van der Waals surface area contributed by atoms with Gasteiger partial charge in [0, 0.05) is 0 Å². The van der Waals surface area contributed by atoms with Gasteiger partial charge < -0.3 is 4.74 Å². The number of carbonyl (C=O) groups excluding carboxylic acids is 3. The van der Waals surface area contributed by atoms with Crippen molar-refractivity contribution in [1.82, 2.24) is 5.32 Å². The molecule has 0 unspecified atom stereocenters. The molecule has 1 fully saturated rings. The van der Waals surface area contributed by atoms with E-state index < -0.39 is 17.8 Å². The first kappa shape index (κ1) is 23.5. The van der Waals surface area contributed by atoms with Crippen molar-refractivity contribution in [3.63, 3.8) is 0 Å². The van der Waals surface area contributed by atoms with Gasteiger partial charge in [0.05, 0.1) is 10.2 Å². The highest BCUT2D eigenvalue weighted by molar-refractivity contribution is 9.10. The molecule has 36 heavy (non-hydrogen) atoms. The summed E-state index contributed by atoms with van der Waals surface area (Å²) in [6.45, 7) is 2.29. The lowest BCUT2D eigenvalue weighted by Crippen LogP contribution is -2.54. The van der Waals surface area contributed by atoms with E-state index in [-0.39, 0.29) is 5.57 Å². The zero-order valence-corrected chi connectivity index (χ0v) is 20.9. The van der Waals surface area contributed by atoms with Crippen LogP contribution in [0.3, 0.4) is 0 Å². The van der Waals surface area contributed by atoms with E-state index in [0.29, 0.717) is 28.1 Å². The molecule has 1 N–H and O–H groups in total. The molecule has 1 saturated heterocycles. The summed E-state index contributed by atoms with van der Waals surface area (Å²) in [6, 6.07) is 25.8. The second-order valence-corrected chi connectivity index (χ2v) is 9.31. The van der Waals surface area contributed by atoms with Gasteiger partial charge in [-0.25, -0.2) is 9.69 Å². The maximum atomic E-state index is 13.1. The predicted octanol–water partition coefficient (Wildman–Crippen LogP) is 6.16. The van der Waals surface area contributed by atoms with Gasteiger partial charge in [0.25, 0.3) is 11.8 Å². The van der Waals surface area contributed by atoms with Crippen molar-refractivity contribution in [2.75, 3.05) is 4.90 Å².